The molecule has 1 aromatic heterocycles. The van der Waals surface area contributed by atoms with Crippen LogP contribution < -0.4 is 11.1 Å². The van der Waals surface area contributed by atoms with Crippen molar-refractivity contribution >= 4 is 34.2 Å². The van der Waals surface area contributed by atoms with Gasteiger partial charge in [-0.1, -0.05) is 0 Å². The van der Waals surface area contributed by atoms with Crippen LogP contribution >= 0.6 is 28.3 Å². The molecule has 90 valence electrons. The highest BCUT2D eigenvalue weighted by molar-refractivity contribution is 9.10. The molecule has 0 aliphatic heterocycles. The van der Waals surface area contributed by atoms with Crippen molar-refractivity contribution in [2.24, 2.45) is 11.7 Å². The van der Waals surface area contributed by atoms with Crippen LogP contribution in [0.2, 0.25) is 0 Å². The number of halogens is 2. The molecule has 1 heterocycles. The number of rotatable bonds is 4. The van der Waals surface area contributed by atoms with Crippen molar-refractivity contribution in [1.29, 1.82) is 0 Å². The lowest BCUT2D eigenvalue weighted by molar-refractivity contribution is 0.0904. The summed E-state index contributed by atoms with van der Waals surface area (Å²) in [5, 5.41) is 2.88. The predicted octanol–water partition coefficient (Wildman–Crippen LogP) is 1.93. The van der Waals surface area contributed by atoms with E-state index < -0.39 is 0 Å². The van der Waals surface area contributed by atoms with Crippen LogP contribution in [0, 0.1) is 5.92 Å². The minimum Gasteiger partial charge on any atom is -0.458 e. The molecule has 1 aromatic rings. The Kier molecular flexibility index (Phi) is 4.83. The van der Waals surface area contributed by atoms with Gasteiger partial charge in [0.15, 0.2) is 0 Å². The van der Waals surface area contributed by atoms with Gasteiger partial charge in [0, 0.05) is 12.6 Å². The van der Waals surface area contributed by atoms with Crippen molar-refractivity contribution in [2.45, 2.75) is 18.9 Å². The highest BCUT2D eigenvalue weighted by Crippen LogP contribution is 2.32. The number of nitrogens with two attached hydrogens (primary N) is 1. The largest absolute Gasteiger partial charge is 0.458 e. The molecule has 1 aliphatic carbocycles. The van der Waals surface area contributed by atoms with Gasteiger partial charge in [0.05, 0.1) is 10.7 Å². The number of carbonyl (C=O) groups excluding carboxylic acids is 1. The summed E-state index contributed by atoms with van der Waals surface area (Å²) in [5.74, 6) is 0.663. The lowest BCUT2D eigenvalue weighted by Crippen LogP contribution is -2.41. The molecule has 4 nitrogen and oxygen atoms in total. The maximum Gasteiger partial charge on any atom is 0.288 e. The zero-order valence-corrected chi connectivity index (χ0v) is 11.0. The molecule has 6 heteroatoms. The summed E-state index contributed by atoms with van der Waals surface area (Å²) >= 11 is 3.25. The lowest BCUT2D eigenvalue weighted by Gasteiger charge is -2.14. The maximum atomic E-state index is 11.7. The van der Waals surface area contributed by atoms with Crippen LogP contribution in [-0.4, -0.2) is 18.5 Å². The van der Waals surface area contributed by atoms with Gasteiger partial charge in [-0.05, 0) is 40.8 Å². The third-order valence-electron chi connectivity index (χ3n) is 2.58. The van der Waals surface area contributed by atoms with Crippen LogP contribution in [0.1, 0.15) is 23.4 Å². The molecule has 0 bridgehead atoms. The van der Waals surface area contributed by atoms with Crippen molar-refractivity contribution in [2.75, 3.05) is 6.54 Å². The highest BCUT2D eigenvalue weighted by atomic mass is 79.9. The first-order valence-electron chi connectivity index (χ1n) is 4.96. The summed E-state index contributed by atoms with van der Waals surface area (Å²) in [6.07, 6.45) is 3.79. The molecule has 3 N–H and O–H groups in total. The molecule has 1 aliphatic rings. The number of nitrogens with one attached hydrogen (secondary N) is 1. The van der Waals surface area contributed by atoms with Gasteiger partial charge in [0.2, 0.25) is 5.76 Å². The fourth-order valence-electron chi connectivity index (χ4n) is 1.56. The SMILES string of the molecule is Cl.NCC(NC(=O)c1occc1Br)C1CC1. The van der Waals surface area contributed by atoms with Gasteiger partial charge in [0.1, 0.15) is 0 Å². The topological polar surface area (TPSA) is 68.3 Å². The number of carbonyl (C=O) groups is 1. The minimum atomic E-state index is -0.200. The standard InChI is InChI=1S/C10H13BrN2O2.ClH/c11-7-3-4-15-9(7)10(14)13-8(5-12)6-1-2-6;/h3-4,6,8H,1-2,5,12H2,(H,13,14);1H. The van der Waals surface area contributed by atoms with E-state index >= 15 is 0 Å². The molecular weight excluding hydrogens is 295 g/mol. The Hall–Kier alpha value is -0.520. The normalized spacial score (nSPS) is 16.4. The first-order valence-corrected chi connectivity index (χ1v) is 5.75. The molecule has 0 aromatic carbocycles. The number of hydrogen-bond acceptors (Lipinski definition) is 3. The van der Waals surface area contributed by atoms with Crippen molar-refractivity contribution in [3.05, 3.63) is 22.6 Å². The van der Waals surface area contributed by atoms with Gasteiger partial charge < -0.3 is 15.5 Å². The van der Waals surface area contributed by atoms with Gasteiger partial charge in [-0.25, -0.2) is 0 Å². The Balaban J connectivity index is 0.00000128. The molecular formula is C10H14BrClN2O2. The van der Waals surface area contributed by atoms with Gasteiger partial charge in [-0.15, -0.1) is 12.4 Å². The molecule has 0 saturated heterocycles. The van der Waals surface area contributed by atoms with E-state index in [4.69, 9.17) is 10.2 Å². The second kappa shape index (κ2) is 5.70. The molecule has 1 saturated carbocycles. The summed E-state index contributed by atoms with van der Waals surface area (Å²) in [7, 11) is 0. The average Bonchev–Trinajstić information content (AvgIpc) is 2.97. The fourth-order valence-corrected chi connectivity index (χ4v) is 1.94. The molecule has 0 radical (unpaired) electrons. The summed E-state index contributed by atoms with van der Waals surface area (Å²) in [6.45, 7) is 0.481. The van der Waals surface area contributed by atoms with Crippen molar-refractivity contribution < 1.29 is 9.21 Å². The van der Waals surface area contributed by atoms with Gasteiger partial charge in [0.25, 0.3) is 5.91 Å². The van der Waals surface area contributed by atoms with Gasteiger partial charge in [-0.2, -0.15) is 0 Å². The Morgan fingerprint density at radius 2 is 2.38 bits per heavy atom. The Bertz CT molecular complexity index is 365. The fraction of sp³-hybridized carbons (Fsp3) is 0.500. The van der Waals surface area contributed by atoms with Crippen molar-refractivity contribution in [3.8, 4) is 0 Å². The quantitative estimate of drug-likeness (QED) is 0.893. The van der Waals surface area contributed by atoms with Crippen LogP contribution in [0.5, 0.6) is 0 Å². The minimum absolute atomic E-state index is 0. The van der Waals surface area contributed by atoms with Crippen LogP contribution in [-0.2, 0) is 0 Å². The van der Waals surface area contributed by atoms with Gasteiger partial charge >= 0.3 is 0 Å². The monoisotopic (exact) mass is 308 g/mol. The average molecular weight is 310 g/mol. The maximum absolute atomic E-state index is 11.7. The smallest absolute Gasteiger partial charge is 0.288 e. The van der Waals surface area contributed by atoms with Crippen LogP contribution in [0.3, 0.4) is 0 Å². The Labute approximate surface area is 108 Å². The zero-order valence-electron chi connectivity index (χ0n) is 8.61. The first kappa shape index (κ1) is 13.5. The molecule has 1 amide bonds. The lowest BCUT2D eigenvalue weighted by atomic mass is 10.2. The molecule has 0 spiro atoms. The summed E-state index contributed by atoms with van der Waals surface area (Å²) < 4.78 is 5.74. The van der Waals surface area contributed by atoms with Crippen LogP contribution in [0.25, 0.3) is 0 Å². The molecule has 1 atom stereocenters. The molecule has 1 unspecified atom stereocenters. The summed E-state index contributed by atoms with van der Waals surface area (Å²) in [6, 6.07) is 1.78. The number of furan rings is 1. The number of amides is 1. The molecule has 2 rings (SSSR count). The van der Waals surface area contributed by atoms with Gasteiger partial charge in [-0.3, -0.25) is 4.79 Å². The molecule has 16 heavy (non-hydrogen) atoms. The van der Waals surface area contributed by atoms with E-state index in [-0.39, 0.29) is 24.4 Å². The van der Waals surface area contributed by atoms with E-state index in [0.717, 1.165) is 12.8 Å². The third kappa shape index (κ3) is 2.99. The molecule has 1 fully saturated rings. The van der Waals surface area contributed by atoms with E-state index in [1.165, 1.54) is 6.26 Å². The van der Waals surface area contributed by atoms with Crippen molar-refractivity contribution in [1.82, 2.24) is 5.32 Å². The first-order chi connectivity index (χ1) is 7.22. The van der Waals surface area contributed by atoms with E-state index in [1.54, 1.807) is 6.07 Å². The van der Waals surface area contributed by atoms with E-state index in [2.05, 4.69) is 21.2 Å². The van der Waals surface area contributed by atoms with Crippen LogP contribution in [0.15, 0.2) is 21.2 Å². The third-order valence-corrected chi connectivity index (χ3v) is 3.21. The van der Waals surface area contributed by atoms with E-state index in [0.29, 0.717) is 22.7 Å². The second-order valence-corrected chi connectivity index (χ2v) is 4.61. The Morgan fingerprint density at radius 1 is 1.69 bits per heavy atom. The van der Waals surface area contributed by atoms with E-state index in [9.17, 15) is 4.79 Å². The van der Waals surface area contributed by atoms with Crippen LogP contribution in [0.4, 0.5) is 0 Å². The summed E-state index contributed by atoms with van der Waals surface area (Å²) in [4.78, 5) is 11.7. The summed E-state index contributed by atoms with van der Waals surface area (Å²) in [5.41, 5.74) is 5.60. The van der Waals surface area contributed by atoms with Crippen molar-refractivity contribution in [3.63, 3.8) is 0 Å². The number of hydrogen-bond donors (Lipinski definition) is 2. The highest BCUT2D eigenvalue weighted by Gasteiger charge is 2.32. The predicted molar refractivity (Wildman–Crippen MR) is 66.7 cm³/mol. The second-order valence-electron chi connectivity index (χ2n) is 3.75. The van der Waals surface area contributed by atoms with E-state index in [1.807, 2.05) is 0 Å². The Morgan fingerprint density at radius 3 is 2.81 bits per heavy atom. The zero-order chi connectivity index (χ0) is 10.8.